The molecule has 0 unspecified atom stereocenters. The summed E-state index contributed by atoms with van der Waals surface area (Å²) < 4.78 is 6.50. The Labute approximate surface area is 128 Å². The van der Waals surface area contributed by atoms with Crippen LogP contribution >= 0.6 is 0 Å². The van der Waals surface area contributed by atoms with Crippen LogP contribution in [-0.2, 0) is 0 Å². The quantitative estimate of drug-likeness (QED) is 0.744. The molecule has 2 nitrogen and oxygen atoms in total. The topological polar surface area (TPSA) is 29.5 Å². The maximum Gasteiger partial charge on any atom is 0.125 e. The minimum atomic E-state index is -0.404. The molecule has 1 heterocycles. The standard InChI is InChI=1S/C19H28O2/c1-13-6-7-16-14(8-13)15(20)9-19(21-16)11-17(2,3)10-18(4,5)12-19/h6-8,15,20H,9-12H2,1-5H3/t15-/m1/s1. The molecule has 116 valence electrons. The van der Waals surface area contributed by atoms with Crippen molar-refractivity contribution in [2.45, 2.75) is 72.0 Å². The minimum absolute atomic E-state index is 0.215. The number of hydrogen-bond acceptors (Lipinski definition) is 2. The van der Waals surface area contributed by atoms with Crippen molar-refractivity contribution in [3.63, 3.8) is 0 Å². The number of rotatable bonds is 0. The summed E-state index contributed by atoms with van der Waals surface area (Å²) in [6, 6.07) is 6.17. The highest BCUT2D eigenvalue weighted by Crippen LogP contribution is 2.56. The van der Waals surface area contributed by atoms with Crippen LogP contribution in [0.25, 0.3) is 0 Å². The van der Waals surface area contributed by atoms with Crippen molar-refractivity contribution in [3.05, 3.63) is 29.3 Å². The second-order valence-electron chi connectivity index (χ2n) is 8.91. The van der Waals surface area contributed by atoms with Gasteiger partial charge in [-0.1, -0.05) is 39.3 Å². The van der Waals surface area contributed by atoms with Crippen LogP contribution in [0.15, 0.2) is 18.2 Å². The first-order valence-corrected chi connectivity index (χ1v) is 8.08. The van der Waals surface area contributed by atoms with E-state index in [0.717, 1.165) is 30.6 Å². The smallest absolute Gasteiger partial charge is 0.125 e. The number of aliphatic hydroxyl groups is 1. The molecule has 1 spiro atoms. The molecule has 0 amide bonds. The minimum Gasteiger partial charge on any atom is -0.487 e. The van der Waals surface area contributed by atoms with Crippen molar-refractivity contribution in [1.82, 2.24) is 0 Å². The number of fused-ring (bicyclic) bond motifs is 1. The summed E-state index contributed by atoms with van der Waals surface area (Å²) in [5.74, 6) is 0.882. The first-order chi connectivity index (χ1) is 9.60. The van der Waals surface area contributed by atoms with Crippen LogP contribution < -0.4 is 4.74 Å². The first kappa shape index (κ1) is 14.9. The zero-order valence-electron chi connectivity index (χ0n) is 14.0. The lowest BCUT2D eigenvalue weighted by Crippen LogP contribution is -2.52. The zero-order chi connectivity index (χ0) is 15.5. The van der Waals surface area contributed by atoms with E-state index >= 15 is 0 Å². The fraction of sp³-hybridized carbons (Fsp3) is 0.684. The van der Waals surface area contributed by atoms with Crippen LogP contribution in [0.5, 0.6) is 5.75 Å². The number of hydrogen-bond donors (Lipinski definition) is 1. The Kier molecular flexibility index (Phi) is 3.18. The van der Waals surface area contributed by atoms with Gasteiger partial charge >= 0.3 is 0 Å². The van der Waals surface area contributed by atoms with Gasteiger partial charge in [0, 0.05) is 12.0 Å². The molecule has 1 fully saturated rings. The predicted molar refractivity (Wildman–Crippen MR) is 85.5 cm³/mol. The van der Waals surface area contributed by atoms with Crippen molar-refractivity contribution in [2.75, 3.05) is 0 Å². The van der Waals surface area contributed by atoms with Crippen LogP contribution in [0, 0.1) is 17.8 Å². The molecule has 0 aromatic heterocycles. The third-order valence-corrected chi connectivity index (χ3v) is 4.97. The number of ether oxygens (including phenoxy) is 1. The fourth-order valence-electron chi connectivity index (χ4n) is 5.20. The van der Waals surface area contributed by atoms with Gasteiger partial charge < -0.3 is 9.84 Å². The molecule has 1 aliphatic heterocycles. The van der Waals surface area contributed by atoms with Crippen LogP contribution in [0.1, 0.15) is 70.6 Å². The zero-order valence-corrected chi connectivity index (χ0v) is 14.0. The molecular formula is C19H28O2. The van der Waals surface area contributed by atoms with Gasteiger partial charge in [0.2, 0.25) is 0 Å². The average molecular weight is 288 g/mol. The Hall–Kier alpha value is -1.02. The van der Waals surface area contributed by atoms with Gasteiger partial charge in [-0.05, 0) is 49.1 Å². The van der Waals surface area contributed by atoms with Crippen LogP contribution in [0.2, 0.25) is 0 Å². The molecule has 3 rings (SSSR count). The van der Waals surface area contributed by atoms with Crippen molar-refractivity contribution in [1.29, 1.82) is 0 Å². The molecule has 0 bridgehead atoms. The van der Waals surface area contributed by atoms with E-state index < -0.39 is 6.10 Å². The van der Waals surface area contributed by atoms with Gasteiger partial charge in [-0.3, -0.25) is 0 Å². The van der Waals surface area contributed by atoms with Crippen molar-refractivity contribution in [3.8, 4) is 5.75 Å². The van der Waals surface area contributed by atoms with Gasteiger partial charge in [0.15, 0.2) is 0 Å². The highest BCUT2D eigenvalue weighted by Gasteiger charge is 2.51. The summed E-state index contributed by atoms with van der Waals surface area (Å²) in [7, 11) is 0. The van der Waals surface area contributed by atoms with E-state index in [1.807, 2.05) is 6.07 Å². The summed E-state index contributed by atoms with van der Waals surface area (Å²) in [5, 5.41) is 10.7. The summed E-state index contributed by atoms with van der Waals surface area (Å²) in [4.78, 5) is 0. The largest absolute Gasteiger partial charge is 0.487 e. The van der Waals surface area contributed by atoms with Gasteiger partial charge in [-0.2, -0.15) is 0 Å². The maximum atomic E-state index is 10.7. The van der Waals surface area contributed by atoms with Crippen LogP contribution in [0.3, 0.4) is 0 Å². The van der Waals surface area contributed by atoms with E-state index in [4.69, 9.17) is 4.74 Å². The molecule has 1 aromatic rings. The highest BCUT2D eigenvalue weighted by molar-refractivity contribution is 5.41. The number of aryl methyl sites for hydroxylation is 1. The summed E-state index contributed by atoms with van der Waals surface area (Å²) in [5.41, 5.74) is 2.43. The molecule has 1 saturated carbocycles. The lowest BCUT2D eigenvalue weighted by molar-refractivity contribution is -0.104. The van der Waals surface area contributed by atoms with E-state index in [2.05, 4.69) is 46.8 Å². The van der Waals surface area contributed by atoms with Crippen molar-refractivity contribution in [2.24, 2.45) is 10.8 Å². The third-order valence-electron chi connectivity index (χ3n) is 4.97. The van der Waals surface area contributed by atoms with Crippen molar-refractivity contribution >= 4 is 0 Å². The molecule has 1 aromatic carbocycles. The molecule has 2 heteroatoms. The lowest BCUT2D eigenvalue weighted by Gasteiger charge is -2.54. The molecule has 1 aliphatic carbocycles. The van der Waals surface area contributed by atoms with Gasteiger partial charge in [0.1, 0.15) is 11.4 Å². The Bertz CT molecular complexity index is 541. The molecule has 0 saturated heterocycles. The van der Waals surface area contributed by atoms with Gasteiger partial charge in [0.25, 0.3) is 0 Å². The molecule has 2 aliphatic rings. The van der Waals surface area contributed by atoms with Gasteiger partial charge in [0.05, 0.1) is 6.10 Å². The Morgan fingerprint density at radius 2 is 1.67 bits per heavy atom. The van der Waals surface area contributed by atoms with Crippen LogP contribution in [-0.4, -0.2) is 10.7 Å². The number of benzene rings is 1. The van der Waals surface area contributed by atoms with E-state index in [9.17, 15) is 5.11 Å². The molecular weight excluding hydrogens is 260 g/mol. The summed E-state index contributed by atoms with van der Waals surface area (Å²) in [6.45, 7) is 11.4. The average Bonchev–Trinajstić information content (AvgIpc) is 2.25. The Morgan fingerprint density at radius 1 is 1.05 bits per heavy atom. The van der Waals surface area contributed by atoms with Gasteiger partial charge in [-0.25, -0.2) is 0 Å². The Morgan fingerprint density at radius 3 is 2.29 bits per heavy atom. The first-order valence-electron chi connectivity index (χ1n) is 8.08. The van der Waals surface area contributed by atoms with Crippen molar-refractivity contribution < 1.29 is 9.84 Å². The van der Waals surface area contributed by atoms with E-state index in [-0.39, 0.29) is 16.4 Å². The summed E-state index contributed by atoms with van der Waals surface area (Å²) in [6.07, 6.45) is 3.57. The predicted octanol–water partition coefficient (Wildman–Crippen LogP) is 4.79. The second kappa shape index (κ2) is 4.49. The monoisotopic (exact) mass is 288 g/mol. The van der Waals surface area contributed by atoms with Gasteiger partial charge in [-0.15, -0.1) is 0 Å². The van der Waals surface area contributed by atoms with E-state index in [1.165, 1.54) is 12.0 Å². The third kappa shape index (κ3) is 2.83. The number of aliphatic hydroxyl groups excluding tert-OH is 1. The highest BCUT2D eigenvalue weighted by atomic mass is 16.5. The summed E-state index contributed by atoms with van der Waals surface area (Å²) >= 11 is 0. The SMILES string of the molecule is Cc1ccc2c(c1)[C@H](O)CC1(CC(C)(C)CC(C)(C)C1)O2. The maximum absolute atomic E-state index is 10.7. The normalized spacial score (nSPS) is 28.8. The molecule has 21 heavy (non-hydrogen) atoms. The second-order valence-corrected chi connectivity index (χ2v) is 8.91. The van der Waals surface area contributed by atoms with E-state index in [1.54, 1.807) is 0 Å². The fourth-order valence-corrected chi connectivity index (χ4v) is 5.20. The lowest BCUT2D eigenvalue weighted by atomic mass is 9.58. The molecule has 1 atom stereocenters. The molecule has 1 N–H and O–H groups in total. The van der Waals surface area contributed by atoms with E-state index in [0.29, 0.717) is 0 Å². The Balaban J connectivity index is 1.99. The van der Waals surface area contributed by atoms with Crippen LogP contribution in [0.4, 0.5) is 0 Å². The molecule has 0 radical (unpaired) electrons.